The maximum atomic E-state index is 12.2. The first-order chi connectivity index (χ1) is 12.2. The normalized spacial score (nSPS) is 22.3. The van der Waals surface area contributed by atoms with Gasteiger partial charge in [-0.15, -0.1) is 10.2 Å². The van der Waals surface area contributed by atoms with Crippen LogP contribution < -0.4 is 0 Å². The highest BCUT2D eigenvalue weighted by Gasteiger charge is 2.28. The monoisotopic (exact) mass is 349 g/mol. The molecular formula is C18H31N5O2. The van der Waals surface area contributed by atoms with Gasteiger partial charge in [0, 0.05) is 32.7 Å². The first-order valence-electron chi connectivity index (χ1n) is 9.65. The molecule has 7 heteroatoms. The van der Waals surface area contributed by atoms with E-state index in [0.29, 0.717) is 6.61 Å². The number of piperidine rings is 2. The fourth-order valence-corrected chi connectivity index (χ4v) is 3.88. The highest BCUT2D eigenvalue weighted by Crippen LogP contribution is 2.26. The molecule has 0 spiro atoms. The molecule has 140 valence electrons. The lowest BCUT2D eigenvalue weighted by Gasteiger charge is -2.32. The first kappa shape index (κ1) is 18.3. The fraction of sp³-hybridized carbons (Fsp3) is 0.833. The SMILES string of the molecule is CCOCC(=O)N1CCC[C@@H](c2nnc(CN3CCCCC3)n2C)C1. The summed E-state index contributed by atoms with van der Waals surface area (Å²) in [6, 6.07) is 0. The molecule has 0 unspecified atom stereocenters. The predicted octanol–water partition coefficient (Wildman–Crippen LogP) is 1.54. The van der Waals surface area contributed by atoms with Crippen molar-refractivity contribution in [3.05, 3.63) is 11.6 Å². The van der Waals surface area contributed by atoms with E-state index in [1.807, 2.05) is 11.8 Å². The van der Waals surface area contributed by atoms with Crippen molar-refractivity contribution in [1.82, 2.24) is 24.6 Å². The zero-order valence-electron chi connectivity index (χ0n) is 15.6. The molecular weight excluding hydrogens is 318 g/mol. The number of hydrogen-bond donors (Lipinski definition) is 0. The van der Waals surface area contributed by atoms with Crippen LogP contribution in [0.2, 0.25) is 0 Å². The van der Waals surface area contributed by atoms with Crippen molar-refractivity contribution in [3.63, 3.8) is 0 Å². The summed E-state index contributed by atoms with van der Waals surface area (Å²) in [5.74, 6) is 2.41. The van der Waals surface area contributed by atoms with Crippen LogP contribution in [0.3, 0.4) is 0 Å². The van der Waals surface area contributed by atoms with Gasteiger partial charge in [0.2, 0.25) is 5.91 Å². The standard InChI is InChI=1S/C18H31N5O2/c1-3-25-14-17(24)23-11-7-8-15(12-23)18-20-19-16(21(18)2)13-22-9-5-4-6-10-22/h15H,3-14H2,1-2H3/t15-/m1/s1. The first-order valence-corrected chi connectivity index (χ1v) is 9.65. The molecule has 1 aromatic rings. The third-order valence-electron chi connectivity index (χ3n) is 5.38. The van der Waals surface area contributed by atoms with Gasteiger partial charge >= 0.3 is 0 Å². The van der Waals surface area contributed by atoms with Crippen molar-refractivity contribution >= 4 is 5.91 Å². The summed E-state index contributed by atoms with van der Waals surface area (Å²) in [6.07, 6.45) is 5.98. The molecule has 2 saturated heterocycles. The van der Waals surface area contributed by atoms with E-state index in [-0.39, 0.29) is 18.4 Å². The molecule has 1 aromatic heterocycles. The molecule has 3 rings (SSSR count). The van der Waals surface area contributed by atoms with Crippen LogP contribution in [0.1, 0.15) is 56.6 Å². The van der Waals surface area contributed by atoms with E-state index in [1.165, 1.54) is 19.3 Å². The molecule has 0 radical (unpaired) electrons. The van der Waals surface area contributed by atoms with Crippen LogP contribution in [-0.2, 0) is 23.1 Å². The summed E-state index contributed by atoms with van der Waals surface area (Å²) in [7, 11) is 2.07. The van der Waals surface area contributed by atoms with Crippen molar-refractivity contribution in [3.8, 4) is 0 Å². The second-order valence-corrected chi connectivity index (χ2v) is 7.19. The van der Waals surface area contributed by atoms with Crippen LogP contribution in [0, 0.1) is 0 Å². The molecule has 2 aliphatic heterocycles. The fourth-order valence-electron chi connectivity index (χ4n) is 3.88. The summed E-state index contributed by atoms with van der Waals surface area (Å²) >= 11 is 0. The lowest BCUT2D eigenvalue weighted by Crippen LogP contribution is -2.41. The number of hydrogen-bond acceptors (Lipinski definition) is 5. The third kappa shape index (κ3) is 4.58. The number of amides is 1. The molecule has 2 fully saturated rings. The molecule has 25 heavy (non-hydrogen) atoms. The Morgan fingerprint density at radius 1 is 1.16 bits per heavy atom. The van der Waals surface area contributed by atoms with E-state index in [4.69, 9.17) is 4.74 Å². The Balaban J connectivity index is 1.62. The summed E-state index contributed by atoms with van der Waals surface area (Å²) in [6.45, 7) is 7.41. The van der Waals surface area contributed by atoms with Crippen molar-refractivity contribution < 1.29 is 9.53 Å². The predicted molar refractivity (Wildman–Crippen MR) is 95.2 cm³/mol. The number of rotatable bonds is 6. The summed E-state index contributed by atoms with van der Waals surface area (Å²) in [5, 5.41) is 8.93. The van der Waals surface area contributed by atoms with E-state index in [9.17, 15) is 4.79 Å². The highest BCUT2D eigenvalue weighted by atomic mass is 16.5. The average molecular weight is 349 g/mol. The smallest absolute Gasteiger partial charge is 0.248 e. The lowest BCUT2D eigenvalue weighted by molar-refractivity contribution is -0.137. The van der Waals surface area contributed by atoms with Crippen molar-refractivity contribution in [1.29, 1.82) is 0 Å². The van der Waals surface area contributed by atoms with E-state index >= 15 is 0 Å². The Kier molecular flexibility index (Phi) is 6.42. The van der Waals surface area contributed by atoms with E-state index in [2.05, 4.69) is 26.7 Å². The number of carbonyl (C=O) groups is 1. The van der Waals surface area contributed by atoms with Crippen molar-refractivity contribution in [2.24, 2.45) is 7.05 Å². The highest BCUT2D eigenvalue weighted by molar-refractivity contribution is 5.77. The second-order valence-electron chi connectivity index (χ2n) is 7.19. The van der Waals surface area contributed by atoms with Gasteiger partial charge in [-0.25, -0.2) is 0 Å². The number of carbonyl (C=O) groups excluding carboxylic acids is 1. The van der Waals surface area contributed by atoms with Gasteiger partial charge in [-0.2, -0.15) is 0 Å². The Hall–Kier alpha value is -1.47. The van der Waals surface area contributed by atoms with Gasteiger partial charge in [0.25, 0.3) is 0 Å². The van der Waals surface area contributed by atoms with Crippen LogP contribution >= 0.6 is 0 Å². The average Bonchev–Trinajstić information content (AvgIpc) is 3.01. The largest absolute Gasteiger partial charge is 0.372 e. The van der Waals surface area contributed by atoms with Gasteiger partial charge in [-0.1, -0.05) is 6.42 Å². The van der Waals surface area contributed by atoms with Gasteiger partial charge in [0.05, 0.1) is 6.54 Å². The summed E-state index contributed by atoms with van der Waals surface area (Å²) in [5.41, 5.74) is 0. The molecule has 0 aliphatic carbocycles. The van der Waals surface area contributed by atoms with Crippen LogP contribution in [0.5, 0.6) is 0 Å². The molecule has 7 nitrogen and oxygen atoms in total. The molecule has 1 amide bonds. The quantitative estimate of drug-likeness (QED) is 0.780. The molecule has 0 bridgehead atoms. The van der Waals surface area contributed by atoms with Gasteiger partial charge in [-0.3, -0.25) is 9.69 Å². The summed E-state index contributed by atoms with van der Waals surface area (Å²) in [4.78, 5) is 16.6. The summed E-state index contributed by atoms with van der Waals surface area (Å²) < 4.78 is 7.42. The Morgan fingerprint density at radius 3 is 2.72 bits per heavy atom. The number of nitrogens with zero attached hydrogens (tertiary/aromatic N) is 5. The van der Waals surface area contributed by atoms with E-state index < -0.39 is 0 Å². The minimum absolute atomic E-state index is 0.0854. The zero-order valence-corrected chi connectivity index (χ0v) is 15.6. The van der Waals surface area contributed by atoms with E-state index in [0.717, 1.165) is 57.2 Å². The maximum absolute atomic E-state index is 12.2. The van der Waals surface area contributed by atoms with E-state index in [1.54, 1.807) is 0 Å². The third-order valence-corrected chi connectivity index (χ3v) is 5.38. The molecule has 3 heterocycles. The molecule has 2 aliphatic rings. The molecule has 0 aromatic carbocycles. The van der Waals surface area contributed by atoms with Gasteiger partial charge in [0.15, 0.2) is 0 Å². The van der Waals surface area contributed by atoms with Crippen LogP contribution in [0.4, 0.5) is 0 Å². The zero-order chi connectivity index (χ0) is 17.6. The number of ether oxygens (including phenoxy) is 1. The van der Waals surface area contributed by atoms with Gasteiger partial charge < -0.3 is 14.2 Å². The maximum Gasteiger partial charge on any atom is 0.248 e. The number of likely N-dealkylation sites (tertiary alicyclic amines) is 2. The topological polar surface area (TPSA) is 63.5 Å². The lowest BCUT2D eigenvalue weighted by atomic mass is 9.97. The minimum Gasteiger partial charge on any atom is -0.372 e. The molecule has 0 N–H and O–H groups in total. The minimum atomic E-state index is 0.0854. The van der Waals surface area contributed by atoms with Gasteiger partial charge in [-0.05, 0) is 45.7 Å². The van der Waals surface area contributed by atoms with Crippen molar-refractivity contribution in [2.75, 3.05) is 39.4 Å². The van der Waals surface area contributed by atoms with Gasteiger partial charge in [0.1, 0.15) is 18.3 Å². The molecule has 1 atom stereocenters. The number of aromatic nitrogens is 3. The Bertz CT molecular complexity index is 568. The van der Waals surface area contributed by atoms with Crippen molar-refractivity contribution in [2.45, 2.75) is 51.5 Å². The van der Waals surface area contributed by atoms with Crippen LogP contribution in [-0.4, -0.2) is 69.9 Å². The second kappa shape index (κ2) is 8.76. The Labute approximate surface area is 150 Å². The Morgan fingerprint density at radius 2 is 1.96 bits per heavy atom. The van der Waals surface area contributed by atoms with Crippen LogP contribution in [0.15, 0.2) is 0 Å². The van der Waals surface area contributed by atoms with Crippen LogP contribution in [0.25, 0.3) is 0 Å². The molecule has 0 saturated carbocycles.